The molecular weight excluding hydrogens is 711 g/mol. The second-order valence-electron chi connectivity index (χ2n) is 14.9. The average molecular weight is 752 g/mol. The molecule has 0 fully saturated rings. The number of para-hydroxylation sites is 1. The van der Waals surface area contributed by atoms with Crippen molar-refractivity contribution in [2.75, 3.05) is 4.90 Å². The zero-order chi connectivity index (χ0) is 39.4. The van der Waals surface area contributed by atoms with E-state index in [9.17, 15) is 0 Å². The number of hydrogen-bond acceptors (Lipinski definition) is 1. The summed E-state index contributed by atoms with van der Waals surface area (Å²) in [6, 6.07) is 89.7. The van der Waals surface area contributed by atoms with Gasteiger partial charge in [0.05, 0.1) is 5.69 Å². The van der Waals surface area contributed by atoms with Gasteiger partial charge < -0.3 is 4.90 Å². The molecule has 0 radical (unpaired) electrons. The van der Waals surface area contributed by atoms with Gasteiger partial charge in [0, 0.05) is 16.9 Å². The molecule has 10 aromatic carbocycles. The van der Waals surface area contributed by atoms with Gasteiger partial charge in [0.1, 0.15) is 0 Å². The van der Waals surface area contributed by atoms with Gasteiger partial charge in [0.15, 0.2) is 0 Å². The molecule has 59 heavy (non-hydrogen) atoms. The first kappa shape index (κ1) is 35.7. The van der Waals surface area contributed by atoms with Gasteiger partial charge in [-0.3, -0.25) is 0 Å². The Balaban J connectivity index is 1.00. The molecule has 0 aromatic heterocycles. The molecule has 0 aliphatic rings. The Labute approximate surface area is 346 Å². The zero-order valence-electron chi connectivity index (χ0n) is 32.6. The van der Waals surface area contributed by atoms with Gasteiger partial charge in [-0.1, -0.05) is 206 Å². The summed E-state index contributed by atoms with van der Waals surface area (Å²) >= 11 is 0. The molecule has 0 aliphatic heterocycles. The Kier molecular flexibility index (Phi) is 9.68. The highest BCUT2D eigenvalue weighted by Crippen LogP contribution is 2.42. The maximum absolute atomic E-state index is 2.38. The summed E-state index contributed by atoms with van der Waals surface area (Å²) in [5, 5.41) is 2.50. The van der Waals surface area contributed by atoms with Crippen LogP contribution < -0.4 is 4.90 Å². The minimum absolute atomic E-state index is 1.09. The van der Waals surface area contributed by atoms with Gasteiger partial charge >= 0.3 is 0 Å². The average Bonchev–Trinajstić information content (AvgIpc) is 3.33. The van der Waals surface area contributed by atoms with E-state index in [0.29, 0.717) is 0 Å². The quantitative estimate of drug-likeness (QED) is 0.142. The van der Waals surface area contributed by atoms with Crippen molar-refractivity contribution in [1.29, 1.82) is 0 Å². The number of benzene rings is 10. The van der Waals surface area contributed by atoms with Crippen molar-refractivity contribution >= 4 is 27.8 Å². The predicted molar refractivity (Wildman–Crippen MR) is 251 cm³/mol. The molecule has 0 saturated heterocycles. The lowest BCUT2D eigenvalue weighted by Gasteiger charge is -2.28. The molecule has 0 heterocycles. The van der Waals surface area contributed by atoms with Crippen LogP contribution in [0, 0.1) is 0 Å². The van der Waals surface area contributed by atoms with E-state index in [0.717, 1.165) is 17.1 Å². The lowest BCUT2D eigenvalue weighted by atomic mass is 9.90. The van der Waals surface area contributed by atoms with E-state index >= 15 is 0 Å². The van der Waals surface area contributed by atoms with Gasteiger partial charge in [-0.05, 0) is 114 Å². The standard InChI is InChI=1S/C58H41N/c1-4-14-42(15-5-1)52-34-39-55(47-17-6-2-7-18-47)57(41-52)49-27-24-44(25-28-49)45-30-35-53(36-31-45)59(58-23-13-12-22-56(58)48-19-8-3-9-20-48)54-37-32-46(33-38-54)51-29-26-43-16-10-11-21-50(43)40-51/h1-41H. The number of rotatable bonds is 9. The number of anilines is 3. The van der Waals surface area contributed by atoms with Crippen LogP contribution in [-0.4, -0.2) is 0 Å². The van der Waals surface area contributed by atoms with Crippen molar-refractivity contribution in [3.8, 4) is 66.8 Å². The molecule has 1 heteroatoms. The first-order valence-electron chi connectivity index (χ1n) is 20.2. The third-order valence-electron chi connectivity index (χ3n) is 11.3. The summed E-state index contributed by atoms with van der Waals surface area (Å²) in [6.45, 7) is 0. The summed E-state index contributed by atoms with van der Waals surface area (Å²) in [7, 11) is 0. The van der Waals surface area contributed by atoms with Crippen LogP contribution in [0.25, 0.3) is 77.5 Å². The van der Waals surface area contributed by atoms with Crippen molar-refractivity contribution in [3.63, 3.8) is 0 Å². The van der Waals surface area contributed by atoms with Crippen LogP contribution in [0.15, 0.2) is 249 Å². The van der Waals surface area contributed by atoms with Crippen molar-refractivity contribution in [2.45, 2.75) is 0 Å². The van der Waals surface area contributed by atoms with E-state index in [1.165, 1.54) is 77.5 Å². The molecule has 0 spiro atoms. The fraction of sp³-hybridized carbons (Fsp3) is 0. The molecule has 0 N–H and O–H groups in total. The second kappa shape index (κ2) is 16.0. The van der Waals surface area contributed by atoms with E-state index in [4.69, 9.17) is 0 Å². The smallest absolute Gasteiger partial charge is 0.0540 e. The SMILES string of the molecule is c1ccc(-c2ccc(-c3ccccc3)c(-c3ccc(-c4ccc(N(c5ccc(-c6ccc7ccccc7c6)cc5)c5ccccc5-c5ccccc5)cc4)cc3)c2)cc1. The largest absolute Gasteiger partial charge is 0.310 e. The van der Waals surface area contributed by atoms with E-state index < -0.39 is 0 Å². The molecule has 10 aromatic rings. The van der Waals surface area contributed by atoms with Gasteiger partial charge in [0.25, 0.3) is 0 Å². The molecule has 0 atom stereocenters. The number of hydrogen-bond donors (Lipinski definition) is 0. The topological polar surface area (TPSA) is 3.24 Å². The van der Waals surface area contributed by atoms with E-state index in [1.54, 1.807) is 0 Å². The second-order valence-corrected chi connectivity index (χ2v) is 14.9. The first-order chi connectivity index (χ1) is 29.2. The molecule has 10 rings (SSSR count). The summed E-state index contributed by atoms with van der Waals surface area (Å²) in [5.74, 6) is 0. The molecule has 0 saturated carbocycles. The first-order valence-corrected chi connectivity index (χ1v) is 20.2. The highest BCUT2D eigenvalue weighted by Gasteiger charge is 2.18. The van der Waals surface area contributed by atoms with Crippen LogP contribution in [0.1, 0.15) is 0 Å². The Morgan fingerprint density at radius 3 is 1.22 bits per heavy atom. The van der Waals surface area contributed by atoms with Crippen LogP contribution in [-0.2, 0) is 0 Å². The predicted octanol–water partition coefficient (Wildman–Crippen LogP) is 16.3. The third-order valence-corrected chi connectivity index (χ3v) is 11.3. The highest BCUT2D eigenvalue weighted by atomic mass is 15.1. The Bertz CT molecular complexity index is 2990. The van der Waals surface area contributed by atoms with Gasteiger partial charge in [-0.2, -0.15) is 0 Å². The Morgan fingerprint density at radius 1 is 0.203 bits per heavy atom. The minimum Gasteiger partial charge on any atom is -0.310 e. The Morgan fingerprint density at radius 2 is 0.593 bits per heavy atom. The monoisotopic (exact) mass is 751 g/mol. The molecule has 1 nitrogen and oxygen atoms in total. The molecular formula is C58H41N. The van der Waals surface area contributed by atoms with Crippen LogP contribution in [0.4, 0.5) is 17.1 Å². The molecule has 0 bridgehead atoms. The number of fused-ring (bicyclic) bond motifs is 1. The van der Waals surface area contributed by atoms with Gasteiger partial charge in [0.2, 0.25) is 0 Å². The summed E-state index contributed by atoms with van der Waals surface area (Å²) < 4.78 is 0. The fourth-order valence-corrected chi connectivity index (χ4v) is 8.24. The maximum atomic E-state index is 2.38. The van der Waals surface area contributed by atoms with Crippen LogP contribution in [0.3, 0.4) is 0 Å². The van der Waals surface area contributed by atoms with Crippen LogP contribution in [0.2, 0.25) is 0 Å². The molecule has 0 unspecified atom stereocenters. The summed E-state index contributed by atoms with van der Waals surface area (Å²) in [4.78, 5) is 2.38. The fourth-order valence-electron chi connectivity index (χ4n) is 8.24. The zero-order valence-corrected chi connectivity index (χ0v) is 32.6. The normalized spacial score (nSPS) is 11.1. The van der Waals surface area contributed by atoms with Crippen molar-refractivity contribution in [1.82, 2.24) is 0 Å². The minimum atomic E-state index is 1.09. The lowest BCUT2D eigenvalue weighted by Crippen LogP contribution is -2.11. The lowest BCUT2D eigenvalue weighted by molar-refractivity contribution is 1.28. The molecule has 0 aliphatic carbocycles. The summed E-state index contributed by atoms with van der Waals surface area (Å²) in [5.41, 5.74) is 17.7. The van der Waals surface area contributed by atoms with Crippen LogP contribution >= 0.6 is 0 Å². The Hall–Kier alpha value is -7.74. The van der Waals surface area contributed by atoms with Crippen molar-refractivity contribution in [3.05, 3.63) is 249 Å². The van der Waals surface area contributed by atoms with Gasteiger partial charge in [-0.25, -0.2) is 0 Å². The third kappa shape index (κ3) is 7.34. The highest BCUT2D eigenvalue weighted by molar-refractivity contribution is 5.91. The van der Waals surface area contributed by atoms with Gasteiger partial charge in [-0.15, -0.1) is 0 Å². The van der Waals surface area contributed by atoms with E-state index in [1.807, 2.05) is 0 Å². The number of nitrogens with zero attached hydrogens (tertiary/aromatic N) is 1. The van der Waals surface area contributed by atoms with Crippen molar-refractivity contribution < 1.29 is 0 Å². The molecule has 0 amide bonds. The molecule has 278 valence electrons. The van der Waals surface area contributed by atoms with E-state index in [2.05, 4.69) is 254 Å². The van der Waals surface area contributed by atoms with Crippen molar-refractivity contribution in [2.24, 2.45) is 0 Å². The van der Waals surface area contributed by atoms with Crippen LogP contribution in [0.5, 0.6) is 0 Å². The summed E-state index contributed by atoms with van der Waals surface area (Å²) in [6.07, 6.45) is 0. The maximum Gasteiger partial charge on any atom is 0.0540 e. The van der Waals surface area contributed by atoms with E-state index in [-0.39, 0.29) is 0 Å².